The van der Waals surface area contributed by atoms with Gasteiger partial charge in [-0.1, -0.05) is 11.8 Å². The van der Waals surface area contributed by atoms with Crippen molar-refractivity contribution in [2.75, 3.05) is 24.7 Å². The van der Waals surface area contributed by atoms with Gasteiger partial charge in [0.1, 0.15) is 4.88 Å². The van der Waals surface area contributed by atoms with E-state index in [1.165, 1.54) is 11.3 Å². The Hall–Kier alpha value is -1.36. The summed E-state index contributed by atoms with van der Waals surface area (Å²) < 4.78 is 22.7. The molecule has 0 aromatic carbocycles. The van der Waals surface area contributed by atoms with Gasteiger partial charge in [0.15, 0.2) is 9.84 Å². The van der Waals surface area contributed by atoms with Crippen LogP contribution in [0.25, 0.3) is 0 Å². The molecule has 1 aromatic heterocycles. The van der Waals surface area contributed by atoms with Crippen LogP contribution in [0.2, 0.25) is 0 Å². The molecule has 1 amide bonds. The zero-order chi connectivity index (χ0) is 15.3. The van der Waals surface area contributed by atoms with E-state index >= 15 is 0 Å². The Bertz CT molecular complexity index is 667. The fourth-order valence-electron chi connectivity index (χ4n) is 2.15. The van der Waals surface area contributed by atoms with Crippen LogP contribution in [-0.4, -0.2) is 44.1 Å². The molecular weight excluding hydrogens is 310 g/mol. The number of aliphatic hydroxyl groups excluding tert-OH is 1. The second-order valence-corrected chi connectivity index (χ2v) is 8.06. The molecule has 2 heterocycles. The van der Waals surface area contributed by atoms with Crippen molar-refractivity contribution in [3.05, 3.63) is 21.9 Å². The van der Waals surface area contributed by atoms with Crippen LogP contribution < -0.4 is 5.32 Å². The molecule has 114 valence electrons. The van der Waals surface area contributed by atoms with Crippen molar-refractivity contribution in [1.82, 2.24) is 5.32 Å². The Labute approximate surface area is 128 Å². The van der Waals surface area contributed by atoms with E-state index < -0.39 is 9.84 Å². The average molecular weight is 327 g/mol. The van der Waals surface area contributed by atoms with Gasteiger partial charge < -0.3 is 10.4 Å². The molecule has 5 nitrogen and oxygen atoms in total. The highest BCUT2D eigenvalue weighted by atomic mass is 32.2. The highest BCUT2D eigenvalue weighted by Gasteiger charge is 2.28. The molecule has 1 fully saturated rings. The highest BCUT2D eigenvalue weighted by Crippen LogP contribution is 2.19. The molecule has 2 N–H and O–H groups in total. The Balaban J connectivity index is 1.93. The summed E-state index contributed by atoms with van der Waals surface area (Å²) in [5.41, 5.74) is 0.644. The Morgan fingerprint density at radius 1 is 1.52 bits per heavy atom. The topological polar surface area (TPSA) is 83.5 Å². The fourth-order valence-corrected chi connectivity index (χ4v) is 4.77. The number of hydrogen-bond acceptors (Lipinski definition) is 5. The van der Waals surface area contributed by atoms with Crippen LogP contribution >= 0.6 is 11.3 Å². The van der Waals surface area contributed by atoms with E-state index in [-0.39, 0.29) is 29.9 Å². The Morgan fingerprint density at radius 2 is 2.33 bits per heavy atom. The van der Waals surface area contributed by atoms with Gasteiger partial charge in [0.05, 0.1) is 18.1 Å². The predicted octanol–water partition coefficient (Wildman–Crippen LogP) is 0.647. The zero-order valence-corrected chi connectivity index (χ0v) is 13.1. The summed E-state index contributed by atoms with van der Waals surface area (Å²) in [4.78, 5) is 12.6. The summed E-state index contributed by atoms with van der Waals surface area (Å²) >= 11 is 1.30. The molecule has 0 saturated carbocycles. The number of hydrogen-bond donors (Lipinski definition) is 2. The molecule has 21 heavy (non-hydrogen) atoms. The first-order valence-electron chi connectivity index (χ1n) is 6.67. The van der Waals surface area contributed by atoms with Crippen LogP contribution in [-0.2, 0) is 9.84 Å². The molecule has 1 saturated heterocycles. The summed E-state index contributed by atoms with van der Waals surface area (Å²) in [6.07, 6.45) is 0.979. The summed E-state index contributed by atoms with van der Waals surface area (Å²) in [6.45, 7) is 0.369. The molecule has 0 radical (unpaired) electrons. The van der Waals surface area contributed by atoms with E-state index in [0.717, 1.165) is 0 Å². The maximum atomic E-state index is 12.1. The first kappa shape index (κ1) is 16.0. The van der Waals surface area contributed by atoms with Gasteiger partial charge in [-0.2, -0.15) is 0 Å². The van der Waals surface area contributed by atoms with Crippen LogP contribution in [0, 0.1) is 17.8 Å². The molecule has 1 atom stereocenters. The predicted molar refractivity (Wildman–Crippen MR) is 82.0 cm³/mol. The summed E-state index contributed by atoms with van der Waals surface area (Å²) in [5.74, 6) is 5.80. The van der Waals surface area contributed by atoms with E-state index in [4.69, 9.17) is 5.11 Å². The van der Waals surface area contributed by atoms with E-state index in [1.807, 2.05) is 0 Å². The molecule has 1 unspecified atom stereocenters. The lowest BCUT2D eigenvalue weighted by molar-refractivity contribution is 0.0952. The largest absolute Gasteiger partial charge is 0.395 e. The first-order valence-corrected chi connectivity index (χ1v) is 9.38. The third kappa shape index (κ3) is 4.56. The minimum atomic E-state index is -2.91. The smallest absolute Gasteiger partial charge is 0.262 e. The number of sulfone groups is 1. The fraction of sp³-hybridized carbons (Fsp3) is 0.500. The number of amides is 1. The minimum absolute atomic E-state index is 0.00263. The monoisotopic (exact) mass is 327 g/mol. The van der Waals surface area contributed by atoms with Crippen molar-refractivity contribution < 1.29 is 18.3 Å². The third-order valence-electron chi connectivity index (χ3n) is 3.21. The highest BCUT2D eigenvalue weighted by molar-refractivity contribution is 7.91. The average Bonchev–Trinajstić information content (AvgIpc) is 3.03. The van der Waals surface area contributed by atoms with Gasteiger partial charge in [-0.05, 0) is 23.8 Å². The number of carbonyl (C=O) groups is 1. The number of rotatable bonds is 4. The molecular formula is C14H17NO4S2. The first-order chi connectivity index (χ1) is 10.0. The van der Waals surface area contributed by atoms with Gasteiger partial charge in [0.25, 0.3) is 5.91 Å². The van der Waals surface area contributed by atoms with Crippen molar-refractivity contribution in [2.45, 2.75) is 12.8 Å². The van der Waals surface area contributed by atoms with Crippen LogP contribution in [0.3, 0.4) is 0 Å². The maximum absolute atomic E-state index is 12.1. The van der Waals surface area contributed by atoms with Crippen molar-refractivity contribution in [2.24, 2.45) is 5.92 Å². The third-order valence-corrected chi connectivity index (χ3v) is 5.96. The lowest BCUT2D eigenvalue weighted by atomic mass is 10.1. The molecule has 1 aliphatic heterocycles. The molecule has 2 rings (SSSR count). The molecule has 1 aromatic rings. The SMILES string of the molecule is O=C(NCC1CCS(=O)(=O)C1)c1sccc1C#CCCO. The van der Waals surface area contributed by atoms with Crippen molar-refractivity contribution in [1.29, 1.82) is 0 Å². The summed E-state index contributed by atoms with van der Waals surface area (Å²) in [5, 5.41) is 13.3. The van der Waals surface area contributed by atoms with Crippen LogP contribution in [0.4, 0.5) is 0 Å². The summed E-state index contributed by atoms with van der Waals surface area (Å²) in [6, 6.07) is 1.77. The van der Waals surface area contributed by atoms with Crippen molar-refractivity contribution in [3.63, 3.8) is 0 Å². The molecule has 7 heteroatoms. The van der Waals surface area contributed by atoms with Crippen LogP contribution in [0.5, 0.6) is 0 Å². The van der Waals surface area contributed by atoms with Gasteiger partial charge >= 0.3 is 0 Å². The standard InChI is InChI=1S/C14H17NO4S2/c16-6-2-1-3-12-4-7-20-13(12)14(17)15-9-11-5-8-21(18,19)10-11/h4,7,11,16H,2,5-6,8-10H2,(H,15,17). The normalized spacial score (nSPS) is 19.8. The van der Waals surface area contributed by atoms with E-state index in [0.29, 0.717) is 29.8 Å². The molecule has 0 aliphatic carbocycles. The number of thiophene rings is 1. The van der Waals surface area contributed by atoms with Crippen molar-refractivity contribution in [3.8, 4) is 11.8 Å². The number of nitrogens with one attached hydrogen (secondary N) is 1. The molecule has 1 aliphatic rings. The van der Waals surface area contributed by atoms with Crippen LogP contribution in [0.15, 0.2) is 11.4 Å². The minimum Gasteiger partial charge on any atom is -0.395 e. The van der Waals surface area contributed by atoms with Gasteiger partial charge in [0.2, 0.25) is 0 Å². The second kappa shape index (κ2) is 7.07. The van der Waals surface area contributed by atoms with Crippen molar-refractivity contribution >= 4 is 27.1 Å². The number of aliphatic hydroxyl groups is 1. The molecule has 0 spiro atoms. The quantitative estimate of drug-likeness (QED) is 0.795. The van der Waals surface area contributed by atoms with Crippen LogP contribution in [0.1, 0.15) is 28.1 Å². The van der Waals surface area contributed by atoms with Gasteiger partial charge in [-0.3, -0.25) is 4.79 Å². The summed E-state index contributed by atoms with van der Waals surface area (Å²) in [7, 11) is -2.91. The van der Waals surface area contributed by atoms with Gasteiger partial charge in [0, 0.05) is 18.5 Å². The van der Waals surface area contributed by atoms with E-state index in [2.05, 4.69) is 17.2 Å². The second-order valence-electron chi connectivity index (χ2n) is 4.92. The van der Waals surface area contributed by atoms with E-state index in [1.54, 1.807) is 11.4 Å². The zero-order valence-electron chi connectivity index (χ0n) is 11.5. The Morgan fingerprint density at radius 3 is 3.00 bits per heavy atom. The number of carbonyl (C=O) groups excluding carboxylic acids is 1. The Kier molecular flexibility index (Phi) is 5.39. The van der Waals surface area contributed by atoms with E-state index in [9.17, 15) is 13.2 Å². The van der Waals surface area contributed by atoms with Gasteiger partial charge in [-0.25, -0.2) is 8.42 Å². The molecule has 0 bridgehead atoms. The maximum Gasteiger partial charge on any atom is 0.262 e. The van der Waals surface area contributed by atoms with Gasteiger partial charge in [-0.15, -0.1) is 11.3 Å². The lowest BCUT2D eigenvalue weighted by Crippen LogP contribution is -2.29. The lowest BCUT2D eigenvalue weighted by Gasteiger charge is -2.08.